The number of hydrazine groups is 1. The van der Waals surface area contributed by atoms with Gasteiger partial charge >= 0.3 is 5.97 Å². The van der Waals surface area contributed by atoms with Gasteiger partial charge in [0.25, 0.3) is 5.91 Å². The topological polar surface area (TPSA) is 125 Å². The van der Waals surface area contributed by atoms with Crippen molar-refractivity contribution in [2.75, 3.05) is 12.4 Å². The highest BCUT2D eigenvalue weighted by molar-refractivity contribution is 6.14. The summed E-state index contributed by atoms with van der Waals surface area (Å²) in [5.74, 6) is 4.97. The second kappa shape index (κ2) is 8.96. The lowest BCUT2D eigenvalue weighted by Gasteiger charge is -2.16. The second-order valence-electron chi connectivity index (χ2n) is 6.22. The number of pyridine rings is 1. The summed E-state index contributed by atoms with van der Waals surface area (Å²) in [5.41, 5.74) is 5.41. The number of esters is 1. The molecule has 148 valence electrons. The van der Waals surface area contributed by atoms with Gasteiger partial charge in [-0.25, -0.2) is 15.6 Å². The Bertz CT molecular complexity index is 1080. The summed E-state index contributed by atoms with van der Waals surface area (Å²) >= 11 is 0. The molecule has 8 heteroatoms. The highest BCUT2D eigenvalue weighted by Crippen LogP contribution is 2.25. The molecule has 2 aromatic carbocycles. The van der Waals surface area contributed by atoms with Gasteiger partial charge in [0, 0.05) is 11.8 Å². The van der Waals surface area contributed by atoms with Crippen LogP contribution in [-0.2, 0) is 11.3 Å². The van der Waals surface area contributed by atoms with Gasteiger partial charge in [0.1, 0.15) is 6.20 Å². The van der Waals surface area contributed by atoms with Gasteiger partial charge in [-0.05, 0) is 34.5 Å². The summed E-state index contributed by atoms with van der Waals surface area (Å²) < 4.78 is 4.73. The van der Waals surface area contributed by atoms with Crippen molar-refractivity contribution in [2.45, 2.75) is 6.54 Å². The van der Waals surface area contributed by atoms with Crippen molar-refractivity contribution in [3.05, 3.63) is 83.9 Å². The predicted octanol–water partition coefficient (Wildman–Crippen LogP) is 1.66. The smallest absolute Gasteiger partial charge is 0.358 e. The second-order valence-corrected chi connectivity index (χ2v) is 6.22. The fraction of sp³-hybridized carbons (Fsp3) is 0.0952. The SMILES string of the molecule is COC(=O)c1ncccc1NC(=O)c1ccc(CN(N)C=C[NH3+])c2ccccc12. The minimum Gasteiger partial charge on any atom is -0.464 e. The monoisotopic (exact) mass is 392 g/mol. The summed E-state index contributed by atoms with van der Waals surface area (Å²) in [6, 6.07) is 14.4. The van der Waals surface area contributed by atoms with Gasteiger partial charge in [-0.1, -0.05) is 30.3 Å². The Morgan fingerprint density at radius 3 is 2.66 bits per heavy atom. The van der Waals surface area contributed by atoms with Crippen molar-refractivity contribution in [2.24, 2.45) is 5.84 Å². The Hall–Kier alpha value is -3.75. The number of nitrogens with two attached hydrogens (primary N) is 1. The molecule has 0 atom stereocenters. The number of aromatic nitrogens is 1. The van der Waals surface area contributed by atoms with Gasteiger partial charge in [0.15, 0.2) is 5.69 Å². The molecular weight excluding hydrogens is 370 g/mol. The van der Waals surface area contributed by atoms with E-state index in [4.69, 9.17) is 10.6 Å². The summed E-state index contributed by atoms with van der Waals surface area (Å²) in [5, 5.41) is 5.96. The summed E-state index contributed by atoms with van der Waals surface area (Å²) in [7, 11) is 1.26. The number of nitrogens with zero attached hydrogens (tertiary/aromatic N) is 2. The van der Waals surface area contributed by atoms with Crippen LogP contribution >= 0.6 is 0 Å². The molecule has 0 saturated carbocycles. The maximum Gasteiger partial charge on any atom is 0.358 e. The highest BCUT2D eigenvalue weighted by atomic mass is 16.5. The number of anilines is 1. The standard InChI is InChI=1S/C21H21N5O3/c1-29-21(28)19-18(7-4-11-24-19)25-20(27)17-9-8-14(13-26(23)12-10-22)15-5-2-3-6-16(15)17/h2-12H,13,22-23H2,1H3,(H,25,27)/p+1. The maximum atomic E-state index is 13.0. The van der Waals surface area contributed by atoms with Gasteiger partial charge in [0.2, 0.25) is 0 Å². The molecule has 0 fully saturated rings. The first kappa shape index (κ1) is 20.0. The van der Waals surface area contributed by atoms with Crippen molar-refractivity contribution in [3.63, 3.8) is 0 Å². The summed E-state index contributed by atoms with van der Waals surface area (Å²) in [4.78, 5) is 28.9. The molecule has 0 aliphatic carbocycles. The number of ether oxygens (including phenoxy) is 1. The van der Waals surface area contributed by atoms with E-state index in [9.17, 15) is 9.59 Å². The number of nitrogens with one attached hydrogen (secondary N) is 1. The van der Waals surface area contributed by atoms with Gasteiger partial charge in [0.05, 0.1) is 25.5 Å². The number of rotatable bonds is 6. The molecule has 0 bridgehead atoms. The van der Waals surface area contributed by atoms with E-state index < -0.39 is 5.97 Å². The van der Waals surface area contributed by atoms with E-state index in [0.717, 1.165) is 16.3 Å². The lowest BCUT2D eigenvalue weighted by atomic mass is 9.98. The van der Waals surface area contributed by atoms with Gasteiger partial charge in [-0.15, -0.1) is 0 Å². The number of fused-ring (bicyclic) bond motifs is 1. The van der Waals surface area contributed by atoms with Gasteiger partial charge < -0.3 is 20.8 Å². The van der Waals surface area contributed by atoms with E-state index in [1.165, 1.54) is 18.3 Å². The van der Waals surface area contributed by atoms with Crippen molar-refractivity contribution < 1.29 is 20.1 Å². The number of hydrogen-bond acceptors (Lipinski definition) is 6. The third-order valence-electron chi connectivity index (χ3n) is 4.34. The first-order valence-electron chi connectivity index (χ1n) is 8.87. The van der Waals surface area contributed by atoms with Crippen LogP contribution in [0.25, 0.3) is 10.8 Å². The minimum atomic E-state index is -0.623. The molecule has 0 aliphatic heterocycles. The van der Waals surface area contributed by atoms with Gasteiger partial charge in [-0.2, -0.15) is 0 Å². The van der Waals surface area contributed by atoms with Crippen LogP contribution < -0.4 is 16.9 Å². The van der Waals surface area contributed by atoms with Crippen molar-refractivity contribution in [1.82, 2.24) is 9.99 Å². The molecule has 0 radical (unpaired) electrons. The molecule has 8 nitrogen and oxygen atoms in total. The number of amides is 1. The molecule has 29 heavy (non-hydrogen) atoms. The Morgan fingerprint density at radius 1 is 1.17 bits per heavy atom. The maximum absolute atomic E-state index is 13.0. The van der Waals surface area contributed by atoms with Crippen LogP contribution in [0.5, 0.6) is 0 Å². The zero-order valence-corrected chi connectivity index (χ0v) is 16.0. The molecule has 1 aromatic heterocycles. The first-order chi connectivity index (χ1) is 14.0. The molecule has 0 spiro atoms. The normalized spacial score (nSPS) is 10.9. The van der Waals surface area contributed by atoms with E-state index in [0.29, 0.717) is 12.1 Å². The molecule has 1 amide bonds. The van der Waals surface area contributed by atoms with Crippen LogP contribution in [0.3, 0.4) is 0 Å². The van der Waals surface area contributed by atoms with E-state index in [-0.39, 0.29) is 17.3 Å². The van der Waals surface area contributed by atoms with E-state index in [1.54, 1.807) is 30.6 Å². The third-order valence-corrected chi connectivity index (χ3v) is 4.34. The van der Waals surface area contributed by atoms with Crippen LogP contribution in [-0.4, -0.2) is 29.0 Å². The fourth-order valence-electron chi connectivity index (χ4n) is 3.04. The predicted molar refractivity (Wildman–Crippen MR) is 109 cm³/mol. The lowest BCUT2D eigenvalue weighted by molar-refractivity contribution is -0.276. The van der Waals surface area contributed by atoms with E-state index in [2.05, 4.69) is 16.0 Å². The van der Waals surface area contributed by atoms with Crippen molar-refractivity contribution in [1.29, 1.82) is 0 Å². The number of carbonyl (C=O) groups is 2. The lowest BCUT2D eigenvalue weighted by Crippen LogP contribution is -2.41. The summed E-state index contributed by atoms with van der Waals surface area (Å²) in [6.07, 6.45) is 4.74. The molecule has 6 N–H and O–H groups in total. The van der Waals surface area contributed by atoms with Crippen LogP contribution in [0.4, 0.5) is 5.69 Å². The number of methoxy groups -OCH3 is 1. The van der Waals surface area contributed by atoms with E-state index in [1.807, 2.05) is 30.3 Å². The first-order valence-corrected chi connectivity index (χ1v) is 8.87. The van der Waals surface area contributed by atoms with Crippen LogP contribution in [0.15, 0.2) is 67.1 Å². The average Bonchev–Trinajstić information content (AvgIpc) is 2.74. The van der Waals surface area contributed by atoms with Crippen LogP contribution in [0.1, 0.15) is 26.4 Å². The summed E-state index contributed by atoms with van der Waals surface area (Å²) in [6.45, 7) is 0.462. The molecule has 3 rings (SSSR count). The molecule has 0 unspecified atom stereocenters. The quantitative estimate of drug-likeness (QED) is 0.333. The Labute approximate surface area is 167 Å². The molecule has 0 saturated heterocycles. The zero-order valence-electron chi connectivity index (χ0n) is 16.0. The molecule has 1 heterocycles. The number of benzene rings is 2. The Kier molecular flexibility index (Phi) is 6.18. The average molecular weight is 392 g/mol. The van der Waals surface area contributed by atoms with Gasteiger partial charge in [-0.3, -0.25) is 4.79 Å². The minimum absolute atomic E-state index is 0.0445. The molecule has 3 aromatic rings. The number of hydrogen-bond donors (Lipinski definition) is 3. The third kappa shape index (κ3) is 4.40. The number of quaternary nitrogens is 1. The fourth-order valence-corrected chi connectivity index (χ4v) is 3.04. The van der Waals surface area contributed by atoms with Crippen LogP contribution in [0.2, 0.25) is 0 Å². The zero-order chi connectivity index (χ0) is 20.8. The Morgan fingerprint density at radius 2 is 1.93 bits per heavy atom. The highest BCUT2D eigenvalue weighted by Gasteiger charge is 2.18. The number of carbonyl (C=O) groups excluding carboxylic acids is 2. The molecular formula is C21H22N5O3+. The largest absolute Gasteiger partial charge is 0.464 e. The van der Waals surface area contributed by atoms with E-state index >= 15 is 0 Å². The molecule has 0 aliphatic rings. The van der Waals surface area contributed by atoms with Crippen LogP contribution in [0, 0.1) is 0 Å². The van der Waals surface area contributed by atoms with Crippen molar-refractivity contribution in [3.8, 4) is 0 Å². The Balaban J connectivity index is 1.97. The van der Waals surface area contributed by atoms with Crippen molar-refractivity contribution >= 4 is 28.3 Å².